The van der Waals surface area contributed by atoms with Crippen molar-refractivity contribution in [3.8, 4) is 0 Å². The highest BCUT2D eigenvalue weighted by Crippen LogP contribution is 2.32. The lowest BCUT2D eigenvalue weighted by molar-refractivity contribution is 0.550. The lowest BCUT2D eigenvalue weighted by atomic mass is 9.98. The van der Waals surface area contributed by atoms with Crippen molar-refractivity contribution < 1.29 is 0 Å². The Morgan fingerprint density at radius 2 is 1.58 bits per heavy atom. The highest BCUT2D eigenvalue weighted by atomic mass is 35.5. The predicted octanol–water partition coefficient (Wildman–Crippen LogP) is 4.89. The second-order valence-corrected chi connectivity index (χ2v) is 5.25. The quantitative estimate of drug-likeness (QED) is 0.828. The second kappa shape index (κ2) is 6.95. The molecule has 0 heterocycles. The highest BCUT2D eigenvalue weighted by molar-refractivity contribution is 6.36. The highest BCUT2D eigenvalue weighted by Gasteiger charge is 2.17. The van der Waals surface area contributed by atoms with E-state index in [4.69, 9.17) is 23.2 Å². The molecule has 0 bridgehead atoms. The molecule has 2 aromatic carbocycles. The summed E-state index contributed by atoms with van der Waals surface area (Å²) in [6.07, 6.45) is 0.873. The number of hydrogen-bond acceptors (Lipinski definition) is 1. The summed E-state index contributed by atoms with van der Waals surface area (Å²) >= 11 is 12.6. The maximum absolute atomic E-state index is 6.30. The zero-order valence-electron chi connectivity index (χ0n) is 10.9. The van der Waals surface area contributed by atoms with E-state index in [2.05, 4.69) is 24.4 Å². The van der Waals surface area contributed by atoms with E-state index in [9.17, 15) is 0 Å². The third-order valence-corrected chi connectivity index (χ3v) is 3.74. The number of benzene rings is 2. The van der Waals surface area contributed by atoms with E-state index in [0.29, 0.717) is 0 Å². The van der Waals surface area contributed by atoms with Crippen molar-refractivity contribution >= 4 is 23.2 Å². The van der Waals surface area contributed by atoms with Gasteiger partial charge in [0.2, 0.25) is 0 Å². The van der Waals surface area contributed by atoms with Gasteiger partial charge < -0.3 is 5.32 Å². The molecule has 1 N–H and O–H groups in total. The van der Waals surface area contributed by atoms with Crippen LogP contribution >= 0.6 is 23.2 Å². The van der Waals surface area contributed by atoms with Gasteiger partial charge in [-0.15, -0.1) is 0 Å². The lowest BCUT2D eigenvalue weighted by Crippen LogP contribution is -2.23. The molecule has 100 valence electrons. The van der Waals surface area contributed by atoms with Crippen LogP contribution in [0.15, 0.2) is 48.5 Å². The Hall–Kier alpha value is -1.02. The van der Waals surface area contributed by atoms with Crippen LogP contribution in [-0.4, -0.2) is 6.54 Å². The first-order chi connectivity index (χ1) is 9.22. The predicted molar refractivity (Wildman–Crippen MR) is 83.0 cm³/mol. The first-order valence-electron chi connectivity index (χ1n) is 6.43. The van der Waals surface area contributed by atoms with Crippen LogP contribution in [0.2, 0.25) is 10.0 Å². The molecule has 0 radical (unpaired) electrons. The molecular formula is C16H17Cl2N. The molecule has 0 spiro atoms. The molecule has 0 aliphatic carbocycles. The molecule has 3 heteroatoms. The summed E-state index contributed by atoms with van der Waals surface area (Å²) < 4.78 is 0. The van der Waals surface area contributed by atoms with Crippen LogP contribution in [0.1, 0.15) is 24.1 Å². The average molecular weight is 294 g/mol. The molecule has 0 fully saturated rings. The number of nitrogens with one attached hydrogen (secondary N) is 1. The normalized spacial score (nSPS) is 12.4. The van der Waals surface area contributed by atoms with Gasteiger partial charge in [-0.3, -0.25) is 0 Å². The molecule has 0 aliphatic heterocycles. The molecule has 0 aromatic heterocycles. The number of halogens is 2. The van der Waals surface area contributed by atoms with Crippen molar-refractivity contribution in [3.63, 3.8) is 0 Å². The molecule has 0 saturated heterocycles. The topological polar surface area (TPSA) is 12.0 Å². The molecule has 1 nitrogen and oxygen atoms in total. The Kier molecular flexibility index (Phi) is 5.26. The van der Waals surface area contributed by atoms with E-state index in [1.54, 1.807) is 0 Å². The van der Waals surface area contributed by atoms with Gasteiger partial charge in [0.15, 0.2) is 0 Å². The van der Waals surface area contributed by atoms with Gasteiger partial charge in [-0.1, -0.05) is 66.5 Å². The molecular weight excluding hydrogens is 277 g/mol. The standard InChI is InChI=1S/C16H17Cl2N/c1-2-19-15(11-12-7-4-3-5-8-12)16-13(17)9-6-10-14(16)18/h3-10,15,19H,2,11H2,1H3. The Morgan fingerprint density at radius 1 is 0.947 bits per heavy atom. The summed E-state index contributed by atoms with van der Waals surface area (Å²) in [6, 6.07) is 16.1. The number of rotatable bonds is 5. The summed E-state index contributed by atoms with van der Waals surface area (Å²) in [5.41, 5.74) is 2.25. The van der Waals surface area contributed by atoms with E-state index in [1.165, 1.54) is 5.56 Å². The summed E-state index contributed by atoms with van der Waals surface area (Å²) in [5, 5.41) is 4.89. The Labute approximate surface area is 124 Å². The van der Waals surface area contributed by atoms with Gasteiger partial charge in [-0.2, -0.15) is 0 Å². The minimum absolute atomic E-state index is 0.133. The van der Waals surface area contributed by atoms with Gasteiger partial charge in [-0.25, -0.2) is 0 Å². The van der Waals surface area contributed by atoms with Crippen LogP contribution < -0.4 is 5.32 Å². The average Bonchev–Trinajstić information content (AvgIpc) is 2.40. The summed E-state index contributed by atoms with van der Waals surface area (Å²) in [4.78, 5) is 0. The van der Waals surface area contributed by atoms with Gasteiger partial charge in [0.1, 0.15) is 0 Å². The van der Waals surface area contributed by atoms with E-state index in [0.717, 1.165) is 28.6 Å². The fourth-order valence-corrected chi connectivity index (χ4v) is 2.88. The third kappa shape index (κ3) is 3.73. The monoisotopic (exact) mass is 293 g/mol. The fraction of sp³-hybridized carbons (Fsp3) is 0.250. The minimum atomic E-state index is 0.133. The van der Waals surface area contributed by atoms with Gasteiger partial charge in [-0.05, 0) is 30.7 Å². The van der Waals surface area contributed by atoms with E-state index in [-0.39, 0.29) is 6.04 Å². The maximum Gasteiger partial charge on any atom is 0.0468 e. The fourth-order valence-electron chi connectivity index (χ4n) is 2.22. The molecule has 0 aliphatic rings. The Bertz CT molecular complexity index is 505. The first kappa shape index (κ1) is 14.4. The van der Waals surface area contributed by atoms with Crippen molar-refractivity contribution in [2.75, 3.05) is 6.54 Å². The third-order valence-electron chi connectivity index (χ3n) is 3.08. The molecule has 2 aromatic rings. The largest absolute Gasteiger partial charge is 0.310 e. The molecule has 0 saturated carbocycles. The van der Waals surface area contributed by atoms with Crippen LogP contribution in [0.25, 0.3) is 0 Å². The van der Waals surface area contributed by atoms with Crippen LogP contribution in [0.5, 0.6) is 0 Å². The number of likely N-dealkylation sites (N-methyl/N-ethyl adjacent to an activating group) is 1. The second-order valence-electron chi connectivity index (χ2n) is 4.44. The minimum Gasteiger partial charge on any atom is -0.310 e. The zero-order chi connectivity index (χ0) is 13.7. The van der Waals surface area contributed by atoms with Crippen molar-refractivity contribution in [1.29, 1.82) is 0 Å². The van der Waals surface area contributed by atoms with Crippen LogP contribution in [-0.2, 0) is 6.42 Å². The molecule has 1 unspecified atom stereocenters. The van der Waals surface area contributed by atoms with Crippen molar-refractivity contribution in [2.45, 2.75) is 19.4 Å². The lowest BCUT2D eigenvalue weighted by Gasteiger charge is -2.21. The number of hydrogen-bond donors (Lipinski definition) is 1. The smallest absolute Gasteiger partial charge is 0.0468 e. The zero-order valence-corrected chi connectivity index (χ0v) is 12.4. The Morgan fingerprint density at radius 3 is 2.16 bits per heavy atom. The van der Waals surface area contributed by atoms with Gasteiger partial charge in [0.25, 0.3) is 0 Å². The summed E-state index contributed by atoms with van der Waals surface area (Å²) in [6.45, 7) is 2.96. The summed E-state index contributed by atoms with van der Waals surface area (Å²) in [5.74, 6) is 0. The van der Waals surface area contributed by atoms with Gasteiger partial charge >= 0.3 is 0 Å². The van der Waals surface area contributed by atoms with E-state index < -0.39 is 0 Å². The Balaban J connectivity index is 2.30. The van der Waals surface area contributed by atoms with Gasteiger partial charge in [0, 0.05) is 21.7 Å². The van der Waals surface area contributed by atoms with Crippen LogP contribution in [0, 0.1) is 0 Å². The van der Waals surface area contributed by atoms with E-state index >= 15 is 0 Å². The van der Waals surface area contributed by atoms with Crippen molar-refractivity contribution in [3.05, 3.63) is 69.7 Å². The first-order valence-corrected chi connectivity index (χ1v) is 7.19. The van der Waals surface area contributed by atoms with Crippen LogP contribution in [0.4, 0.5) is 0 Å². The molecule has 19 heavy (non-hydrogen) atoms. The SMILES string of the molecule is CCNC(Cc1ccccc1)c1c(Cl)cccc1Cl. The maximum atomic E-state index is 6.30. The van der Waals surface area contributed by atoms with Crippen molar-refractivity contribution in [2.24, 2.45) is 0 Å². The van der Waals surface area contributed by atoms with Crippen LogP contribution in [0.3, 0.4) is 0 Å². The summed E-state index contributed by atoms with van der Waals surface area (Å²) in [7, 11) is 0. The van der Waals surface area contributed by atoms with Crippen molar-refractivity contribution in [1.82, 2.24) is 5.32 Å². The molecule has 2 rings (SSSR count). The molecule has 1 atom stereocenters. The van der Waals surface area contributed by atoms with Gasteiger partial charge in [0.05, 0.1) is 0 Å². The molecule has 0 amide bonds. The van der Waals surface area contributed by atoms with E-state index in [1.807, 2.05) is 36.4 Å².